The second kappa shape index (κ2) is 7.66. The number of anilines is 2. The quantitative estimate of drug-likeness (QED) is 0.489. The summed E-state index contributed by atoms with van der Waals surface area (Å²) in [5, 5.41) is 25.3. The highest BCUT2D eigenvalue weighted by Crippen LogP contribution is 2.36. The van der Waals surface area contributed by atoms with Gasteiger partial charge in [-0.3, -0.25) is 20.2 Å². The molecule has 2 aromatic carbocycles. The summed E-state index contributed by atoms with van der Waals surface area (Å²) in [5.74, 6) is 0.0263. The zero-order valence-electron chi connectivity index (χ0n) is 14.9. The predicted octanol–water partition coefficient (Wildman–Crippen LogP) is 4.45. The first-order valence-electron chi connectivity index (χ1n) is 8.10. The smallest absolute Gasteiger partial charge is 0.373 e. The van der Waals surface area contributed by atoms with E-state index in [0.717, 1.165) is 17.5 Å². The summed E-state index contributed by atoms with van der Waals surface area (Å²) in [4.78, 5) is 29.1. The van der Waals surface area contributed by atoms with Gasteiger partial charge in [0.05, 0.1) is 9.85 Å². The number of benzene rings is 2. The summed E-state index contributed by atoms with van der Waals surface area (Å²) in [5.41, 5.74) is 1.50. The number of nitro groups is 2. The van der Waals surface area contributed by atoms with Crippen LogP contribution in [-0.4, -0.2) is 19.8 Å². The summed E-state index contributed by atoms with van der Waals surface area (Å²) in [6.07, 6.45) is 1.12. The Morgan fingerprint density at radius 1 is 0.964 bits per heavy atom. The Kier molecular flexibility index (Phi) is 5.12. The molecule has 0 aliphatic heterocycles. The van der Waals surface area contributed by atoms with Gasteiger partial charge in [-0.25, -0.2) is 4.98 Å². The van der Waals surface area contributed by atoms with Crippen molar-refractivity contribution in [2.75, 3.05) is 5.32 Å². The van der Waals surface area contributed by atoms with Crippen molar-refractivity contribution in [1.82, 2.24) is 9.97 Å². The van der Waals surface area contributed by atoms with Gasteiger partial charge >= 0.3 is 11.6 Å². The maximum absolute atomic E-state index is 11.6. The van der Waals surface area contributed by atoms with Crippen LogP contribution >= 0.6 is 0 Å². The molecule has 0 aliphatic rings. The van der Waals surface area contributed by atoms with Gasteiger partial charge in [-0.15, -0.1) is 0 Å². The van der Waals surface area contributed by atoms with Crippen LogP contribution in [-0.2, 0) is 0 Å². The minimum atomic E-state index is -0.669. The number of nitrogens with one attached hydrogen (secondary N) is 1. The highest BCUT2D eigenvalue weighted by atomic mass is 16.6. The van der Waals surface area contributed by atoms with Gasteiger partial charge in [-0.2, -0.15) is 4.98 Å². The number of hydrogen-bond donors (Lipinski definition) is 1. The summed E-state index contributed by atoms with van der Waals surface area (Å²) in [6, 6.07) is 10.9. The minimum Gasteiger partial charge on any atom is -0.434 e. The number of rotatable bonds is 6. The lowest BCUT2D eigenvalue weighted by atomic mass is 10.1. The fraction of sp³-hybridized carbons (Fsp3) is 0.111. The average molecular weight is 381 g/mol. The van der Waals surface area contributed by atoms with E-state index in [1.807, 2.05) is 19.9 Å². The molecule has 142 valence electrons. The molecule has 0 spiro atoms. The van der Waals surface area contributed by atoms with E-state index in [4.69, 9.17) is 4.74 Å². The van der Waals surface area contributed by atoms with Gasteiger partial charge in [-0.1, -0.05) is 12.1 Å². The Morgan fingerprint density at radius 3 is 2.32 bits per heavy atom. The highest BCUT2D eigenvalue weighted by molar-refractivity contribution is 5.69. The monoisotopic (exact) mass is 381 g/mol. The molecule has 10 nitrogen and oxygen atoms in total. The summed E-state index contributed by atoms with van der Waals surface area (Å²) < 4.78 is 5.63. The highest BCUT2D eigenvalue weighted by Gasteiger charge is 2.25. The molecule has 1 aromatic heterocycles. The van der Waals surface area contributed by atoms with E-state index in [0.29, 0.717) is 5.75 Å². The van der Waals surface area contributed by atoms with Crippen LogP contribution in [0.25, 0.3) is 0 Å². The lowest BCUT2D eigenvalue weighted by Gasteiger charge is -2.10. The van der Waals surface area contributed by atoms with Gasteiger partial charge in [0.2, 0.25) is 5.82 Å². The standard InChI is InChI=1S/C18H15N5O5/c1-11-6-12(2)8-15(7-11)28-18-16(23(26)27)17(19-10-20-18)21-13-4-3-5-14(9-13)22(24)25/h3-10H,1-2H3,(H,19,20,21). The molecule has 3 aromatic rings. The molecule has 0 unspecified atom stereocenters. The molecular weight excluding hydrogens is 366 g/mol. The van der Waals surface area contributed by atoms with Crippen molar-refractivity contribution in [2.24, 2.45) is 0 Å². The van der Waals surface area contributed by atoms with Gasteiger partial charge in [0.15, 0.2) is 0 Å². The molecular formula is C18H15N5O5. The van der Waals surface area contributed by atoms with Crippen LogP contribution in [0, 0.1) is 34.1 Å². The van der Waals surface area contributed by atoms with E-state index >= 15 is 0 Å². The normalized spacial score (nSPS) is 10.4. The van der Waals surface area contributed by atoms with Crippen molar-refractivity contribution in [3.05, 3.63) is 80.1 Å². The third kappa shape index (κ3) is 4.18. The van der Waals surface area contributed by atoms with Crippen LogP contribution in [0.5, 0.6) is 11.6 Å². The van der Waals surface area contributed by atoms with Crippen LogP contribution in [0.15, 0.2) is 48.8 Å². The van der Waals surface area contributed by atoms with Crippen molar-refractivity contribution in [3.63, 3.8) is 0 Å². The van der Waals surface area contributed by atoms with E-state index < -0.39 is 15.5 Å². The van der Waals surface area contributed by atoms with E-state index in [9.17, 15) is 20.2 Å². The SMILES string of the molecule is Cc1cc(C)cc(Oc2ncnc(Nc3cccc([N+](=O)[O-])c3)c2[N+](=O)[O-])c1. The van der Waals surface area contributed by atoms with Gasteiger partial charge < -0.3 is 10.1 Å². The lowest BCUT2D eigenvalue weighted by molar-refractivity contribution is -0.385. The zero-order valence-corrected chi connectivity index (χ0v) is 14.9. The second-order valence-corrected chi connectivity index (χ2v) is 5.99. The van der Waals surface area contributed by atoms with Gasteiger partial charge in [0.1, 0.15) is 12.1 Å². The van der Waals surface area contributed by atoms with E-state index in [1.54, 1.807) is 12.1 Å². The molecule has 3 rings (SSSR count). The van der Waals surface area contributed by atoms with Crippen LogP contribution < -0.4 is 10.1 Å². The lowest BCUT2D eigenvalue weighted by Crippen LogP contribution is -2.04. The first-order chi connectivity index (χ1) is 13.3. The van der Waals surface area contributed by atoms with Crippen molar-refractivity contribution < 1.29 is 14.6 Å². The number of nitrogens with zero attached hydrogens (tertiary/aromatic N) is 4. The van der Waals surface area contributed by atoms with E-state index in [1.165, 1.54) is 24.3 Å². The Labute approximate surface area is 159 Å². The summed E-state index contributed by atoms with van der Waals surface area (Å²) >= 11 is 0. The van der Waals surface area contributed by atoms with E-state index in [2.05, 4.69) is 15.3 Å². The first kappa shape index (κ1) is 18.7. The second-order valence-electron chi connectivity index (χ2n) is 5.99. The molecule has 1 N–H and O–H groups in total. The van der Waals surface area contributed by atoms with Crippen LogP contribution in [0.1, 0.15) is 11.1 Å². The maximum Gasteiger partial charge on any atom is 0.373 e. The predicted molar refractivity (Wildman–Crippen MR) is 101 cm³/mol. The molecule has 0 atom stereocenters. The molecule has 1 heterocycles. The number of hydrogen-bond acceptors (Lipinski definition) is 8. The molecule has 10 heteroatoms. The molecule has 0 aliphatic carbocycles. The van der Waals surface area contributed by atoms with Gasteiger partial charge in [0.25, 0.3) is 5.69 Å². The third-order valence-electron chi connectivity index (χ3n) is 3.70. The Bertz CT molecular complexity index is 1050. The number of ether oxygens (including phenoxy) is 1. The average Bonchev–Trinajstić information content (AvgIpc) is 2.61. The maximum atomic E-state index is 11.6. The Balaban J connectivity index is 1.99. The summed E-state index contributed by atoms with van der Waals surface area (Å²) in [7, 11) is 0. The molecule has 28 heavy (non-hydrogen) atoms. The molecule has 0 amide bonds. The van der Waals surface area contributed by atoms with Gasteiger partial charge in [0, 0.05) is 17.8 Å². The van der Waals surface area contributed by atoms with Crippen molar-refractivity contribution in [2.45, 2.75) is 13.8 Å². The summed E-state index contributed by atoms with van der Waals surface area (Å²) in [6.45, 7) is 3.76. The fourth-order valence-electron chi connectivity index (χ4n) is 2.63. The number of nitro benzene ring substituents is 1. The van der Waals surface area contributed by atoms with Crippen LogP contribution in [0.4, 0.5) is 22.9 Å². The molecule has 0 saturated heterocycles. The minimum absolute atomic E-state index is 0.139. The van der Waals surface area contributed by atoms with Crippen LogP contribution in [0.2, 0.25) is 0 Å². The molecule has 0 radical (unpaired) electrons. The van der Waals surface area contributed by atoms with Crippen LogP contribution in [0.3, 0.4) is 0 Å². The number of aromatic nitrogens is 2. The van der Waals surface area contributed by atoms with E-state index in [-0.39, 0.29) is 23.1 Å². The van der Waals surface area contributed by atoms with Crippen molar-refractivity contribution in [1.29, 1.82) is 0 Å². The van der Waals surface area contributed by atoms with Crippen molar-refractivity contribution in [3.8, 4) is 11.6 Å². The van der Waals surface area contributed by atoms with Gasteiger partial charge in [-0.05, 0) is 43.2 Å². The Hall–Kier alpha value is -4.08. The number of non-ortho nitro benzene ring substituents is 1. The first-order valence-corrected chi connectivity index (χ1v) is 8.10. The third-order valence-corrected chi connectivity index (χ3v) is 3.70. The molecule has 0 bridgehead atoms. The Morgan fingerprint density at radius 2 is 1.68 bits per heavy atom. The zero-order chi connectivity index (χ0) is 20.3. The fourth-order valence-corrected chi connectivity index (χ4v) is 2.63. The van der Waals surface area contributed by atoms with Crippen molar-refractivity contribution >= 4 is 22.9 Å². The number of aryl methyl sites for hydroxylation is 2. The molecule has 0 fully saturated rings. The molecule has 0 saturated carbocycles. The topological polar surface area (TPSA) is 133 Å². The largest absolute Gasteiger partial charge is 0.434 e.